The van der Waals surface area contributed by atoms with Gasteiger partial charge >= 0.3 is 0 Å². The van der Waals surface area contributed by atoms with Crippen molar-refractivity contribution in [2.75, 3.05) is 18.7 Å². The zero-order chi connectivity index (χ0) is 11.1. The molecule has 0 saturated heterocycles. The minimum atomic E-state index is -0.215. The Morgan fingerprint density at radius 3 is 2.94 bits per heavy atom. The fourth-order valence-corrected chi connectivity index (χ4v) is 1.92. The molecule has 1 aromatic rings. The van der Waals surface area contributed by atoms with E-state index in [2.05, 4.69) is 5.32 Å². The van der Waals surface area contributed by atoms with Gasteiger partial charge in [-0.05, 0) is 12.1 Å². The molecule has 0 unspecified atom stereocenters. The number of fused-ring (bicyclic) bond motifs is 3. The van der Waals surface area contributed by atoms with E-state index in [1.165, 1.54) is 0 Å². The van der Waals surface area contributed by atoms with Gasteiger partial charge in [-0.3, -0.25) is 9.59 Å². The average molecular weight is 219 g/mol. The zero-order valence-electron chi connectivity index (χ0n) is 8.41. The normalized spacial score (nSPS) is 17.8. The first-order chi connectivity index (χ1) is 7.75. The maximum Gasteiger partial charge on any atom is 0.231 e. The van der Waals surface area contributed by atoms with E-state index >= 15 is 0 Å². The van der Waals surface area contributed by atoms with Crippen molar-refractivity contribution in [1.29, 1.82) is 0 Å². The minimum Gasteiger partial charge on any atom is -0.454 e. The van der Waals surface area contributed by atoms with E-state index in [1.54, 1.807) is 12.1 Å². The van der Waals surface area contributed by atoms with Crippen LogP contribution in [-0.2, 0) is 4.79 Å². The van der Waals surface area contributed by atoms with Gasteiger partial charge in [-0.15, -0.1) is 0 Å². The first-order valence-corrected chi connectivity index (χ1v) is 4.97. The molecule has 0 aliphatic carbocycles. The van der Waals surface area contributed by atoms with Crippen LogP contribution in [0.4, 0.5) is 5.69 Å². The lowest BCUT2D eigenvalue weighted by molar-refractivity contribution is -0.116. The Bertz CT molecular complexity index is 495. The van der Waals surface area contributed by atoms with Crippen LogP contribution in [0.1, 0.15) is 16.8 Å². The van der Waals surface area contributed by atoms with Crippen LogP contribution in [-0.4, -0.2) is 24.9 Å². The van der Waals surface area contributed by atoms with Crippen molar-refractivity contribution < 1.29 is 19.1 Å². The van der Waals surface area contributed by atoms with E-state index in [0.717, 1.165) is 0 Å². The summed E-state index contributed by atoms with van der Waals surface area (Å²) in [6.45, 7) is 0.297. The molecule has 1 N–H and O–H groups in total. The number of rotatable bonds is 0. The number of hydrogen-bond donors (Lipinski definition) is 1. The van der Waals surface area contributed by atoms with Gasteiger partial charge in [0.25, 0.3) is 0 Å². The van der Waals surface area contributed by atoms with E-state index < -0.39 is 0 Å². The van der Waals surface area contributed by atoms with Crippen LogP contribution in [0.2, 0.25) is 0 Å². The van der Waals surface area contributed by atoms with Crippen molar-refractivity contribution in [2.45, 2.75) is 6.42 Å². The first-order valence-electron chi connectivity index (χ1n) is 4.97. The smallest absolute Gasteiger partial charge is 0.231 e. The van der Waals surface area contributed by atoms with Crippen LogP contribution in [0.25, 0.3) is 0 Å². The van der Waals surface area contributed by atoms with Crippen LogP contribution in [0, 0.1) is 0 Å². The second-order valence-electron chi connectivity index (χ2n) is 3.71. The van der Waals surface area contributed by atoms with Gasteiger partial charge in [-0.1, -0.05) is 0 Å². The summed E-state index contributed by atoms with van der Waals surface area (Å²) in [7, 11) is 0. The number of carbonyl (C=O) groups excluding carboxylic acids is 2. The Kier molecular flexibility index (Phi) is 1.86. The summed E-state index contributed by atoms with van der Waals surface area (Å²) in [6.07, 6.45) is -0.0835. The molecule has 0 spiro atoms. The second-order valence-corrected chi connectivity index (χ2v) is 3.71. The average Bonchev–Trinajstić information content (AvgIpc) is 2.67. The highest BCUT2D eigenvalue weighted by Gasteiger charge is 2.28. The van der Waals surface area contributed by atoms with Gasteiger partial charge in [0.05, 0.1) is 18.5 Å². The van der Waals surface area contributed by atoms with Crippen LogP contribution in [0.5, 0.6) is 11.5 Å². The summed E-state index contributed by atoms with van der Waals surface area (Å²) >= 11 is 0. The summed E-state index contributed by atoms with van der Waals surface area (Å²) in [5, 5.41) is 2.93. The highest BCUT2D eigenvalue weighted by atomic mass is 16.7. The molecule has 2 aliphatic heterocycles. The van der Waals surface area contributed by atoms with Gasteiger partial charge in [-0.25, -0.2) is 0 Å². The molecule has 0 radical (unpaired) electrons. The summed E-state index contributed by atoms with van der Waals surface area (Å²) < 4.78 is 10.5. The van der Waals surface area contributed by atoms with Gasteiger partial charge in [0, 0.05) is 5.69 Å². The summed E-state index contributed by atoms with van der Waals surface area (Å²) in [5.41, 5.74) is 1.07. The molecule has 2 aliphatic rings. The topological polar surface area (TPSA) is 64.6 Å². The monoisotopic (exact) mass is 219 g/mol. The number of Topliss-reactive ketones (excluding diaryl/α,β-unsaturated/α-hetero) is 2. The molecule has 0 bridgehead atoms. The van der Waals surface area contributed by atoms with E-state index in [9.17, 15) is 9.59 Å². The summed E-state index contributed by atoms with van der Waals surface area (Å²) in [4.78, 5) is 23.2. The number of carbonyl (C=O) groups is 2. The van der Waals surface area contributed by atoms with E-state index in [4.69, 9.17) is 9.47 Å². The molecule has 3 rings (SSSR count). The fraction of sp³-hybridized carbons (Fsp3) is 0.273. The quantitative estimate of drug-likeness (QED) is 0.659. The molecule has 82 valence electrons. The lowest BCUT2D eigenvalue weighted by Crippen LogP contribution is -2.11. The molecular weight excluding hydrogens is 210 g/mol. The Morgan fingerprint density at radius 1 is 1.19 bits per heavy atom. The van der Waals surface area contributed by atoms with Gasteiger partial charge in [0.2, 0.25) is 6.79 Å². The van der Waals surface area contributed by atoms with Crippen LogP contribution in [0.15, 0.2) is 12.1 Å². The summed E-state index contributed by atoms with van der Waals surface area (Å²) in [6, 6.07) is 3.47. The van der Waals surface area contributed by atoms with Crippen molar-refractivity contribution >= 4 is 17.3 Å². The third kappa shape index (κ3) is 1.25. The number of ketones is 2. The number of anilines is 1. The number of ether oxygens (including phenoxy) is 2. The van der Waals surface area contributed by atoms with E-state index in [1.807, 2.05) is 0 Å². The lowest BCUT2D eigenvalue weighted by Gasteiger charge is -2.08. The predicted octanol–water partition coefficient (Wildman–Crippen LogP) is 0.983. The SMILES string of the molecule is O=C1CNc2ccc3c(c2C(=O)C1)OCO3. The zero-order valence-corrected chi connectivity index (χ0v) is 8.41. The van der Waals surface area contributed by atoms with Crippen molar-refractivity contribution in [3.05, 3.63) is 17.7 Å². The molecule has 5 nitrogen and oxygen atoms in total. The van der Waals surface area contributed by atoms with Crippen LogP contribution in [0.3, 0.4) is 0 Å². The molecule has 1 aromatic carbocycles. The largest absolute Gasteiger partial charge is 0.454 e. The van der Waals surface area contributed by atoms with Gasteiger partial charge in [-0.2, -0.15) is 0 Å². The lowest BCUT2D eigenvalue weighted by atomic mass is 10.0. The highest BCUT2D eigenvalue weighted by Crippen LogP contribution is 2.40. The van der Waals surface area contributed by atoms with E-state index in [0.29, 0.717) is 22.7 Å². The Hall–Kier alpha value is -2.04. The Morgan fingerprint density at radius 2 is 2.06 bits per heavy atom. The van der Waals surface area contributed by atoms with Crippen molar-refractivity contribution in [3.8, 4) is 11.5 Å². The number of hydrogen-bond acceptors (Lipinski definition) is 5. The molecule has 0 aromatic heterocycles. The molecule has 0 saturated carbocycles. The Balaban J connectivity index is 2.18. The Labute approximate surface area is 91.3 Å². The third-order valence-corrected chi connectivity index (χ3v) is 2.65. The van der Waals surface area contributed by atoms with E-state index in [-0.39, 0.29) is 31.3 Å². The standard InChI is InChI=1S/C11H9NO4/c13-6-3-8(14)10-7(12-4-6)1-2-9-11(10)16-5-15-9/h1-2,12H,3-5H2. The van der Waals surface area contributed by atoms with Gasteiger partial charge < -0.3 is 14.8 Å². The molecule has 16 heavy (non-hydrogen) atoms. The number of benzene rings is 1. The molecule has 0 atom stereocenters. The second kappa shape index (κ2) is 3.23. The highest BCUT2D eigenvalue weighted by molar-refractivity contribution is 6.15. The first kappa shape index (κ1) is 9.21. The van der Waals surface area contributed by atoms with Crippen molar-refractivity contribution in [3.63, 3.8) is 0 Å². The molecule has 5 heteroatoms. The summed E-state index contributed by atoms with van der Waals surface area (Å²) in [5.74, 6) is 0.675. The third-order valence-electron chi connectivity index (χ3n) is 2.65. The molecular formula is C11H9NO4. The maximum atomic E-state index is 11.9. The predicted molar refractivity (Wildman–Crippen MR) is 55.0 cm³/mol. The molecule has 2 heterocycles. The van der Waals surface area contributed by atoms with Crippen molar-refractivity contribution in [1.82, 2.24) is 0 Å². The van der Waals surface area contributed by atoms with Crippen LogP contribution >= 0.6 is 0 Å². The fourth-order valence-electron chi connectivity index (χ4n) is 1.92. The van der Waals surface area contributed by atoms with Gasteiger partial charge in [0.15, 0.2) is 23.1 Å². The molecule has 0 amide bonds. The molecule has 0 fully saturated rings. The van der Waals surface area contributed by atoms with Crippen molar-refractivity contribution in [2.24, 2.45) is 0 Å². The van der Waals surface area contributed by atoms with Crippen LogP contribution < -0.4 is 14.8 Å². The maximum absolute atomic E-state index is 11.9. The minimum absolute atomic E-state index is 0.0835. The van der Waals surface area contributed by atoms with Gasteiger partial charge in [0.1, 0.15) is 0 Å². The number of nitrogens with one attached hydrogen (secondary N) is 1.